The zero-order valence-electron chi connectivity index (χ0n) is 17.5. The first-order valence-corrected chi connectivity index (χ1v) is 10.4. The van der Waals surface area contributed by atoms with E-state index in [-0.39, 0.29) is 0 Å². The number of nitrogens with one attached hydrogen (secondary N) is 2. The van der Waals surface area contributed by atoms with E-state index in [1.807, 2.05) is 0 Å². The number of hydrogen-bond donors (Lipinski definition) is 2. The van der Waals surface area contributed by atoms with E-state index in [9.17, 15) is 0 Å². The number of guanidine groups is 1. The van der Waals surface area contributed by atoms with Gasteiger partial charge in [-0.1, -0.05) is 19.0 Å². The third kappa shape index (κ3) is 6.81. The largest absolute Gasteiger partial charge is 0.383 e. The molecule has 1 aromatic heterocycles. The highest BCUT2D eigenvalue weighted by atomic mass is 16.5. The summed E-state index contributed by atoms with van der Waals surface area (Å²) in [4.78, 5) is 7.27. The number of aromatic nitrogens is 1. The Labute approximate surface area is 163 Å². The lowest BCUT2D eigenvalue weighted by Crippen LogP contribution is -2.43. The average molecular weight is 380 g/mol. The molecule has 0 aliphatic carbocycles. The lowest BCUT2D eigenvalue weighted by atomic mass is 9.97. The molecular weight excluding hydrogens is 342 g/mol. The van der Waals surface area contributed by atoms with Crippen LogP contribution in [0, 0.1) is 5.92 Å². The van der Waals surface area contributed by atoms with E-state index >= 15 is 0 Å². The number of ether oxygens (including phenoxy) is 1. The maximum Gasteiger partial charge on any atom is 0.191 e. The molecule has 7 heteroatoms. The van der Waals surface area contributed by atoms with Gasteiger partial charge in [-0.2, -0.15) is 0 Å². The SMILES string of the molecule is CCNC(=NCc1c(CC)noc1CC)NCC1CCN(CCOC)CC1. The summed E-state index contributed by atoms with van der Waals surface area (Å²) in [6.07, 6.45) is 4.17. The Hall–Kier alpha value is -1.60. The van der Waals surface area contributed by atoms with Gasteiger partial charge in [-0.25, -0.2) is 4.99 Å². The zero-order valence-corrected chi connectivity index (χ0v) is 17.5. The molecule has 1 saturated heterocycles. The Kier molecular flexibility index (Phi) is 9.62. The van der Waals surface area contributed by atoms with Crippen molar-refractivity contribution in [1.29, 1.82) is 0 Å². The first-order valence-electron chi connectivity index (χ1n) is 10.4. The molecule has 2 rings (SSSR count). The van der Waals surface area contributed by atoms with Crippen LogP contribution in [0.3, 0.4) is 0 Å². The van der Waals surface area contributed by atoms with Gasteiger partial charge in [-0.3, -0.25) is 0 Å². The molecule has 7 nitrogen and oxygen atoms in total. The first-order chi connectivity index (χ1) is 13.2. The second kappa shape index (κ2) is 12.0. The van der Waals surface area contributed by atoms with Crippen molar-refractivity contribution in [1.82, 2.24) is 20.7 Å². The molecule has 2 N–H and O–H groups in total. The first kappa shape index (κ1) is 21.7. The van der Waals surface area contributed by atoms with Crippen molar-refractivity contribution in [3.05, 3.63) is 17.0 Å². The average Bonchev–Trinajstić information content (AvgIpc) is 3.11. The minimum absolute atomic E-state index is 0.612. The number of hydrogen-bond acceptors (Lipinski definition) is 5. The normalized spacial score (nSPS) is 16.7. The molecule has 1 aliphatic rings. The van der Waals surface area contributed by atoms with Crippen LogP contribution in [0.1, 0.15) is 50.6 Å². The molecule has 2 heterocycles. The van der Waals surface area contributed by atoms with Crippen LogP contribution >= 0.6 is 0 Å². The monoisotopic (exact) mass is 379 g/mol. The van der Waals surface area contributed by atoms with Crippen LogP contribution in [-0.2, 0) is 24.1 Å². The summed E-state index contributed by atoms with van der Waals surface area (Å²) in [6, 6.07) is 0. The number of aryl methyl sites for hydroxylation is 2. The van der Waals surface area contributed by atoms with Crippen LogP contribution in [0.4, 0.5) is 0 Å². The highest BCUT2D eigenvalue weighted by Gasteiger charge is 2.19. The van der Waals surface area contributed by atoms with Crippen molar-refractivity contribution >= 4 is 5.96 Å². The second-order valence-electron chi connectivity index (χ2n) is 7.09. The van der Waals surface area contributed by atoms with Crippen molar-refractivity contribution < 1.29 is 9.26 Å². The molecule has 0 aromatic carbocycles. The predicted molar refractivity (Wildman–Crippen MR) is 109 cm³/mol. The Balaban J connectivity index is 1.85. The molecule has 0 unspecified atom stereocenters. The number of piperidine rings is 1. The van der Waals surface area contributed by atoms with Crippen molar-refractivity contribution in [3.8, 4) is 0 Å². The quantitative estimate of drug-likeness (QED) is 0.480. The van der Waals surface area contributed by atoms with Gasteiger partial charge >= 0.3 is 0 Å². The van der Waals surface area contributed by atoms with Gasteiger partial charge in [0.1, 0.15) is 5.76 Å². The second-order valence-corrected chi connectivity index (χ2v) is 7.09. The molecule has 0 radical (unpaired) electrons. The fraction of sp³-hybridized carbons (Fsp3) is 0.800. The summed E-state index contributed by atoms with van der Waals surface area (Å²) in [6.45, 7) is 12.9. The Bertz CT molecular complexity index is 543. The van der Waals surface area contributed by atoms with Gasteiger partial charge in [-0.05, 0) is 45.2 Å². The van der Waals surface area contributed by atoms with E-state index in [1.165, 1.54) is 12.8 Å². The van der Waals surface area contributed by atoms with Gasteiger partial charge in [-0.15, -0.1) is 0 Å². The van der Waals surface area contributed by atoms with Gasteiger partial charge in [0, 0.05) is 38.7 Å². The summed E-state index contributed by atoms with van der Waals surface area (Å²) in [5, 5.41) is 11.1. The van der Waals surface area contributed by atoms with Gasteiger partial charge in [0.15, 0.2) is 5.96 Å². The Morgan fingerprint density at radius 2 is 2.00 bits per heavy atom. The molecule has 0 atom stereocenters. The zero-order chi connectivity index (χ0) is 19.5. The van der Waals surface area contributed by atoms with Crippen LogP contribution < -0.4 is 10.6 Å². The van der Waals surface area contributed by atoms with Crippen molar-refractivity contribution in [2.24, 2.45) is 10.9 Å². The van der Waals surface area contributed by atoms with Crippen molar-refractivity contribution in [3.63, 3.8) is 0 Å². The fourth-order valence-corrected chi connectivity index (χ4v) is 3.49. The molecule has 1 aliphatic heterocycles. The molecule has 1 aromatic rings. The third-order valence-corrected chi connectivity index (χ3v) is 5.22. The third-order valence-electron chi connectivity index (χ3n) is 5.22. The molecule has 0 saturated carbocycles. The summed E-state index contributed by atoms with van der Waals surface area (Å²) < 4.78 is 10.6. The highest BCUT2D eigenvalue weighted by Crippen LogP contribution is 2.17. The summed E-state index contributed by atoms with van der Waals surface area (Å²) >= 11 is 0. The Morgan fingerprint density at radius 1 is 1.22 bits per heavy atom. The summed E-state index contributed by atoms with van der Waals surface area (Å²) in [5.74, 6) is 2.53. The maximum atomic E-state index is 5.45. The lowest BCUT2D eigenvalue weighted by molar-refractivity contribution is 0.121. The number of nitrogens with zero attached hydrogens (tertiary/aromatic N) is 3. The van der Waals surface area contributed by atoms with Gasteiger partial charge < -0.3 is 24.8 Å². The topological polar surface area (TPSA) is 74.9 Å². The van der Waals surface area contributed by atoms with Crippen LogP contribution in [0.2, 0.25) is 0 Å². The molecule has 154 valence electrons. The van der Waals surface area contributed by atoms with Gasteiger partial charge in [0.25, 0.3) is 0 Å². The molecule has 1 fully saturated rings. The lowest BCUT2D eigenvalue weighted by Gasteiger charge is -2.32. The van der Waals surface area contributed by atoms with E-state index in [4.69, 9.17) is 14.3 Å². The number of methoxy groups -OCH3 is 1. The van der Waals surface area contributed by atoms with Gasteiger partial charge in [0.2, 0.25) is 0 Å². The minimum Gasteiger partial charge on any atom is -0.383 e. The molecule has 0 amide bonds. The summed E-state index contributed by atoms with van der Waals surface area (Å²) in [5.41, 5.74) is 2.17. The van der Waals surface area contributed by atoms with Gasteiger partial charge in [0.05, 0.1) is 18.8 Å². The molecular formula is C20H37N5O2. The molecule has 27 heavy (non-hydrogen) atoms. The number of rotatable bonds is 10. The van der Waals surface area contributed by atoms with E-state index in [0.29, 0.717) is 12.5 Å². The van der Waals surface area contributed by atoms with Crippen LogP contribution in [0.5, 0.6) is 0 Å². The van der Waals surface area contributed by atoms with Crippen LogP contribution in [0.15, 0.2) is 9.52 Å². The van der Waals surface area contributed by atoms with Crippen LogP contribution in [0.25, 0.3) is 0 Å². The van der Waals surface area contributed by atoms with E-state index in [2.05, 4.69) is 41.5 Å². The predicted octanol–water partition coefficient (Wildman–Crippen LogP) is 2.21. The maximum absolute atomic E-state index is 5.45. The van der Waals surface area contributed by atoms with Crippen molar-refractivity contribution in [2.45, 2.75) is 53.0 Å². The van der Waals surface area contributed by atoms with Crippen molar-refractivity contribution in [2.75, 3.05) is 46.4 Å². The minimum atomic E-state index is 0.612. The summed E-state index contributed by atoms with van der Waals surface area (Å²) in [7, 11) is 1.77. The Morgan fingerprint density at radius 3 is 2.63 bits per heavy atom. The fourth-order valence-electron chi connectivity index (χ4n) is 3.49. The smallest absolute Gasteiger partial charge is 0.191 e. The van der Waals surface area contributed by atoms with Crippen LogP contribution in [-0.4, -0.2) is 62.5 Å². The van der Waals surface area contributed by atoms with E-state index in [1.54, 1.807) is 7.11 Å². The highest BCUT2D eigenvalue weighted by molar-refractivity contribution is 5.79. The number of likely N-dealkylation sites (tertiary alicyclic amines) is 1. The molecule has 0 spiro atoms. The standard InChI is InChI=1S/C20H37N5O2/c1-5-18-17(19(6-2)27-24-18)15-23-20(21-7-3)22-14-16-8-10-25(11-9-16)12-13-26-4/h16H,5-15H2,1-4H3,(H2,21,22,23). The number of aliphatic imine (C=N–C) groups is 1. The van der Waals surface area contributed by atoms with E-state index < -0.39 is 0 Å². The molecule has 0 bridgehead atoms. The van der Waals surface area contributed by atoms with E-state index in [0.717, 1.165) is 75.1 Å².